The second-order valence-electron chi connectivity index (χ2n) is 7.62. The smallest absolute Gasteiger partial charge is 0.245 e. The zero-order valence-electron chi connectivity index (χ0n) is 15.9. The number of carbonyl (C=O) groups is 2. The predicted octanol–water partition coefficient (Wildman–Crippen LogP) is 3.67. The molecule has 0 bridgehead atoms. The number of amides is 1. The Bertz CT molecular complexity index is 1240. The number of ether oxygens (including phenoxy) is 1. The summed E-state index contributed by atoms with van der Waals surface area (Å²) in [7, 11) is 0. The summed E-state index contributed by atoms with van der Waals surface area (Å²) < 4.78 is 11.9. The molecule has 0 unspecified atom stereocenters. The van der Waals surface area contributed by atoms with Gasteiger partial charge in [-0.05, 0) is 30.7 Å². The van der Waals surface area contributed by atoms with Crippen LogP contribution in [-0.2, 0) is 19.7 Å². The molecule has 1 amide bonds. The van der Waals surface area contributed by atoms with Crippen molar-refractivity contribution in [2.45, 2.75) is 31.1 Å². The molecule has 3 N–H and O–H groups in total. The first-order valence-electron chi connectivity index (χ1n) is 9.39. The minimum atomic E-state index is -1.64. The Morgan fingerprint density at radius 3 is 2.80 bits per heavy atom. The molecule has 2 aromatic rings. The number of nitrogens with two attached hydrogens (primary N) is 1. The van der Waals surface area contributed by atoms with Gasteiger partial charge in [0.1, 0.15) is 28.6 Å². The van der Waals surface area contributed by atoms with Gasteiger partial charge in [-0.2, -0.15) is 5.26 Å². The molecule has 2 aliphatic heterocycles. The zero-order chi connectivity index (χ0) is 21.2. The van der Waals surface area contributed by atoms with Gasteiger partial charge in [0.2, 0.25) is 11.8 Å². The predicted molar refractivity (Wildman–Crippen MR) is 110 cm³/mol. The molecule has 0 fully saturated rings. The van der Waals surface area contributed by atoms with Crippen molar-refractivity contribution in [3.05, 3.63) is 74.7 Å². The van der Waals surface area contributed by atoms with E-state index in [2.05, 4.69) is 21.2 Å². The van der Waals surface area contributed by atoms with E-state index in [4.69, 9.17) is 14.9 Å². The van der Waals surface area contributed by atoms with Crippen LogP contribution in [0, 0.1) is 18.3 Å². The van der Waals surface area contributed by atoms with Gasteiger partial charge in [0.05, 0.1) is 11.8 Å². The number of ketones is 1. The molecule has 0 radical (unpaired) electrons. The first-order valence-corrected chi connectivity index (χ1v) is 10.2. The molecule has 5 rings (SSSR count). The van der Waals surface area contributed by atoms with Crippen LogP contribution in [0.4, 0.5) is 5.69 Å². The maximum absolute atomic E-state index is 13.5. The van der Waals surface area contributed by atoms with E-state index in [0.29, 0.717) is 33.7 Å². The number of Topliss-reactive ketones (excluding diaryl/α,β-unsaturated/α-hetero) is 1. The molecule has 0 saturated heterocycles. The zero-order valence-corrected chi connectivity index (χ0v) is 17.5. The fraction of sp³-hybridized carbons (Fsp3) is 0.227. The van der Waals surface area contributed by atoms with Crippen LogP contribution < -0.4 is 11.1 Å². The first kappa shape index (κ1) is 18.7. The summed E-state index contributed by atoms with van der Waals surface area (Å²) >= 11 is 3.57. The number of nitriles is 1. The second-order valence-corrected chi connectivity index (χ2v) is 8.41. The van der Waals surface area contributed by atoms with Crippen LogP contribution in [0.15, 0.2) is 62.2 Å². The number of hydrogen-bond acceptors (Lipinski definition) is 6. The lowest BCUT2D eigenvalue weighted by Gasteiger charge is -2.38. The highest BCUT2D eigenvalue weighted by molar-refractivity contribution is 9.10. The fourth-order valence-electron chi connectivity index (χ4n) is 4.71. The van der Waals surface area contributed by atoms with Crippen molar-refractivity contribution in [1.29, 1.82) is 5.26 Å². The van der Waals surface area contributed by atoms with Crippen molar-refractivity contribution in [2.75, 3.05) is 5.32 Å². The number of benzene rings is 1. The fourth-order valence-corrected chi connectivity index (χ4v) is 5.35. The van der Waals surface area contributed by atoms with Crippen molar-refractivity contribution in [3.63, 3.8) is 0 Å². The van der Waals surface area contributed by atoms with Gasteiger partial charge in [-0.1, -0.05) is 22.0 Å². The van der Waals surface area contributed by atoms with Gasteiger partial charge in [-0.3, -0.25) is 9.59 Å². The Morgan fingerprint density at radius 1 is 1.30 bits per heavy atom. The summed E-state index contributed by atoms with van der Waals surface area (Å²) in [6, 6.07) is 9.22. The summed E-state index contributed by atoms with van der Waals surface area (Å²) in [5.41, 5.74) is 6.52. The number of carbonyl (C=O) groups excluding carboxylic acids is 2. The Hall–Kier alpha value is -3.31. The van der Waals surface area contributed by atoms with E-state index >= 15 is 0 Å². The van der Waals surface area contributed by atoms with Crippen molar-refractivity contribution in [2.24, 2.45) is 5.73 Å². The summed E-state index contributed by atoms with van der Waals surface area (Å²) in [4.78, 5) is 26.9. The normalized spacial score (nSPS) is 25.0. The number of halogens is 1. The van der Waals surface area contributed by atoms with Crippen LogP contribution >= 0.6 is 15.9 Å². The molecule has 150 valence electrons. The van der Waals surface area contributed by atoms with Crippen LogP contribution in [0.5, 0.6) is 0 Å². The molecule has 1 spiro atoms. The molecule has 3 aliphatic rings. The molecule has 2 atom stereocenters. The maximum atomic E-state index is 13.5. The van der Waals surface area contributed by atoms with Crippen LogP contribution in [0.1, 0.15) is 35.6 Å². The number of hydrogen-bond donors (Lipinski definition) is 2. The largest absolute Gasteiger partial charge is 0.469 e. The minimum absolute atomic E-state index is 0.0754. The average Bonchev–Trinajstić information content (AvgIpc) is 3.33. The summed E-state index contributed by atoms with van der Waals surface area (Å²) in [5.74, 6) is -0.182. The molecular weight excluding hydrogens is 450 g/mol. The SMILES string of the molecule is Cc1ccc2c(c1Br)[C@]1(C(=O)N2)C(C#N)=C(N)OC2=C1C(=O)C[C@H](c1ccco1)C2. The molecule has 1 aliphatic carbocycles. The van der Waals surface area contributed by atoms with E-state index in [1.54, 1.807) is 24.5 Å². The van der Waals surface area contributed by atoms with E-state index < -0.39 is 11.3 Å². The summed E-state index contributed by atoms with van der Waals surface area (Å²) in [6.45, 7) is 1.88. The summed E-state index contributed by atoms with van der Waals surface area (Å²) in [6.07, 6.45) is 2.03. The van der Waals surface area contributed by atoms with E-state index in [1.807, 2.05) is 19.1 Å². The Kier molecular flexibility index (Phi) is 3.95. The number of allylic oxidation sites excluding steroid dienone is 1. The van der Waals surface area contributed by atoms with Crippen molar-refractivity contribution in [3.8, 4) is 6.07 Å². The van der Waals surface area contributed by atoms with Crippen LogP contribution in [0.2, 0.25) is 0 Å². The average molecular weight is 466 g/mol. The molecule has 0 saturated carbocycles. The first-order chi connectivity index (χ1) is 14.4. The topological polar surface area (TPSA) is 118 Å². The van der Waals surface area contributed by atoms with Crippen molar-refractivity contribution in [1.82, 2.24) is 0 Å². The Balaban J connectivity index is 1.80. The van der Waals surface area contributed by atoms with Crippen LogP contribution in [0.25, 0.3) is 0 Å². The van der Waals surface area contributed by atoms with E-state index in [9.17, 15) is 14.9 Å². The van der Waals surface area contributed by atoms with Crippen LogP contribution in [-0.4, -0.2) is 11.7 Å². The monoisotopic (exact) mass is 465 g/mol. The number of nitrogens with one attached hydrogen (secondary N) is 1. The Labute approximate surface area is 180 Å². The number of aryl methyl sites for hydroxylation is 1. The lowest BCUT2D eigenvalue weighted by molar-refractivity contribution is -0.123. The highest BCUT2D eigenvalue weighted by Crippen LogP contribution is 2.57. The second kappa shape index (κ2) is 6.34. The molecular formula is C22H16BrN3O4. The third-order valence-corrected chi connectivity index (χ3v) is 7.03. The molecule has 30 heavy (non-hydrogen) atoms. The minimum Gasteiger partial charge on any atom is -0.469 e. The highest BCUT2D eigenvalue weighted by atomic mass is 79.9. The van der Waals surface area contributed by atoms with Gasteiger partial charge in [-0.25, -0.2) is 0 Å². The third-order valence-electron chi connectivity index (χ3n) is 6.01. The van der Waals surface area contributed by atoms with Gasteiger partial charge in [-0.15, -0.1) is 0 Å². The van der Waals surface area contributed by atoms with Crippen molar-refractivity contribution < 1.29 is 18.7 Å². The number of anilines is 1. The maximum Gasteiger partial charge on any atom is 0.245 e. The number of rotatable bonds is 1. The van der Waals surface area contributed by atoms with Gasteiger partial charge in [0.25, 0.3) is 0 Å². The number of furan rings is 1. The van der Waals surface area contributed by atoms with Gasteiger partial charge >= 0.3 is 0 Å². The van der Waals surface area contributed by atoms with Gasteiger partial charge in [0.15, 0.2) is 5.78 Å². The van der Waals surface area contributed by atoms with E-state index in [-0.39, 0.29) is 35.2 Å². The molecule has 1 aromatic heterocycles. The summed E-state index contributed by atoms with van der Waals surface area (Å²) in [5, 5.41) is 12.8. The van der Waals surface area contributed by atoms with Gasteiger partial charge in [0, 0.05) is 34.5 Å². The molecule has 1 aromatic carbocycles. The Morgan fingerprint density at radius 2 is 2.10 bits per heavy atom. The molecule has 8 heteroatoms. The molecule has 7 nitrogen and oxygen atoms in total. The van der Waals surface area contributed by atoms with E-state index in [0.717, 1.165) is 5.56 Å². The lowest BCUT2D eigenvalue weighted by Crippen LogP contribution is -2.47. The van der Waals surface area contributed by atoms with Gasteiger partial charge < -0.3 is 20.2 Å². The van der Waals surface area contributed by atoms with E-state index in [1.165, 1.54) is 0 Å². The third kappa shape index (κ3) is 2.24. The lowest BCUT2D eigenvalue weighted by atomic mass is 9.64. The van der Waals surface area contributed by atoms with Crippen LogP contribution in [0.3, 0.4) is 0 Å². The quantitative estimate of drug-likeness (QED) is 0.662. The number of nitrogens with zero attached hydrogens (tertiary/aromatic N) is 1. The highest BCUT2D eigenvalue weighted by Gasteiger charge is 2.61. The standard InChI is InChI=1S/C22H16BrN3O4/c1-10-4-5-13-17(19(10)23)22(21(28)26-13)12(9-24)20(25)30-16-8-11(7-14(27)18(16)22)15-3-2-6-29-15/h2-6,11H,7-8,25H2,1H3,(H,26,28)/t11-,22+/m0/s1. The van der Waals surface area contributed by atoms with Crippen molar-refractivity contribution >= 4 is 33.3 Å². The molecule has 3 heterocycles. The number of fused-ring (bicyclic) bond motifs is 3.